The van der Waals surface area contributed by atoms with E-state index in [4.69, 9.17) is 0 Å². The SMILES string of the molecule is CSc1ccc(C(=O)c2c(C)cc(C)cc2F)cc1. The Morgan fingerprint density at radius 1 is 1.11 bits per heavy atom. The molecule has 0 spiro atoms. The summed E-state index contributed by atoms with van der Waals surface area (Å²) in [4.78, 5) is 13.4. The number of benzene rings is 2. The van der Waals surface area contributed by atoms with Crippen LogP contribution in [0.2, 0.25) is 0 Å². The van der Waals surface area contributed by atoms with Gasteiger partial charge in [0.1, 0.15) is 5.82 Å². The fourth-order valence-corrected chi connectivity index (χ4v) is 2.50. The molecule has 0 bridgehead atoms. The molecule has 0 unspecified atom stereocenters. The van der Waals surface area contributed by atoms with Gasteiger partial charge in [0, 0.05) is 10.5 Å². The van der Waals surface area contributed by atoms with Crippen molar-refractivity contribution in [3.05, 3.63) is 64.5 Å². The highest BCUT2D eigenvalue weighted by atomic mass is 32.2. The number of ketones is 1. The summed E-state index contributed by atoms with van der Waals surface area (Å²) >= 11 is 1.61. The van der Waals surface area contributed by atoms with Crippen molar-refractivity contribution in [3.63, 3.8) is 0 Å². The highest BCUT2D eigenvalue weighted by Gasteiger charge is 2.17. The molecule has 0 aliphatic rings. The average molecular weight is 274 g/mol. The lowest BCUT2D eigenvalue weighted by Crippen LogP contribution is -2.07. The summed E-state index contributed by atoms with van der Waals surface area (Å²) in [7, 11) is 0. The summed E-state index contributed by atoms with van der Waals surface area (Å²) in [5.41, 5.74) is 2.19. The summed E-state index contributed by atoms with van der Waals surface area (Å²) in [5, 5.41) is 0. The molecule has 2 aromatic carbocycles. The lowest BCUT2D eigenvalue weighted by molar-refractivity contribution is 0.103. The minimum atomic E-state index is -0.448. The Bertz CT molecular complexity index is 594. The van der Waals surface area contributed by atoms with Gasteiger partial charge >= 0.3 is 0 Å². The molecule has 0 aliphatic heterocycles. The summed E-state index contributed by atoms with van der Waals surface area (Å²) in [6, 6.07) is 10.5. The van der Waals surface area contributed by atoms with Crippen LogP contribution in [0.15, 0.2) is 41.3 Å². The Morgan fingerprint density at radius 3 is 2.26 bits per heavy atom. The standard InChI is InChI=1S/C16H15FOS/c1-10-8-11(2)15(14(17)9-10)16(18)12-4-6-13(19-3)7-5-12/h4-9H,1-3H3. The van der Waals surface area contributed by atoms with Crippen LogP contribution >= 0.6 is 11.8 Å². The van der Waals surface area contributed by atoms with Gasteiger partial charge in [-0.2, -0.15) is 0 Å². The van der Waals surface area contributed by atoms with Crippen molar-refractivity contribution >= 4 is 17.5 Å². The zero-order valence-corrected chi connectivity index (χ0v) is 12.0. The van der Waals surface area contributed by atoms with Crippen molar-refractivity contribution in [2.24, 2.45) is 0 Å². The third-order valence-corrected chi connectivity index (χ3v) is 3.75. The maximum Gasteiger partial charge on any atom is 0.196 e. The lowest BCUT2D eigenvalue weighted by atomic mass is 9.97. The van der Waals surface area contributed by atoms with Crippen LogP contribution < -0.4 is 0 Å². The molecule has 2 rings (SSSR count). The molecule has 19 heavy (non-hydrogen) atoms. The molecule has 98 valence electrons. The van der Waals surface area contributed by atoms with Gasteiger partial charge in [0.15, 0.2) is 5.78 Å². The maximum absolute atomic E-state index is 14.0. The molecular weight excluding hydrogens is 259 g/mol. The van der Waals surface area contributed by atoms with Crippen molar-refractivity contribution in [1.82, 2.24) is 0 Å². The molecule has 3 heteroatoms. The third kappa shape index (κ3) is 2.87. The number of hydrogen-bond acceptors (Lipinski definition) is 2. The maximum atomic E-state index is 14.0. The fraction of sp³-hybridized carbons (Fsp3) is 0.188. The van der Waals surface area contributed by atoms with E-state index in [-0.39, 0.29) is 11.3 Å². The first-order valence-corrected chi connectivity index (χ1v) is 7.21. The first kappa shape index (κ1) is 13.8. The van der Waals surface area contributed by atoms with E-state index >= 15 is 0 Å². The molecule has 1 nitrogen and oxygen atoms in total. The van der Waals surface area contributed by atoms with E-state index < -0.39 is 5.82 Å². The van der Waals surface area contributed by atoms with Crippen molar-refractivity contribution in [2.45, 2.75) is 18.7 Å². The van der Waals surface area contributed by atoms with Crippen LogP contribution in [0, 0.1) is 19.7 Å². The first-order valence-electron chi connectivity index (χ1n) is 5.98. The van der Waals surface area contributed by atoms with Crippen molar-refractivity contribution in [2.75, 3.05) is 6.26 Å². The largest absolute Gasteiger partial charge is 0.288 e. The smallest absolute Gasteiger partial charge is 0.196 e. The topological polar surface area (TPSA) is 17.1 Å². The second-order valence-corrected chi connectivity index (χ2v) is 5.38. The monoisotopic (exact) mass is 274 g/mol. The third-order valence-electron chi connectivity index (χ3n) is 3.01. The molecule has 0 aromatic heterocycles. The predicted molar refractivity (Wildman–Crippen MR) is 77.5 cm³/mol. The normalized spacial score (nSPS) is 10.5. The first-order chi connectivity index (χ1) is 9.02. The van der Waals surface area contributed by atoms with Gasteiger partial charge in [0.05, 0.1) is 5.56 Å². The van der Waals surface area contributed by atoms with Gasteiger partial charge in [0.25, 0.3) is 0 Å². The van der Waals surface area contributed by atoms with Crippen LogP contribution in [0.25, 0.3) is 0 Å². The van der Waals surface area contributed by atoms with Gasteiger partial charge in [-0.15, -0.1) is 11.8 Å². The zero-order valence-electron chi connectivity index (χ0n) is 11.2. The Hall–Kier alpha value is -1.61. The molecule has 0 atom stereocenters. The van der Waals surface area contributed by atoms with Crippen molar-refractivity contribution in [3.8, 4) is 0 Å². The predicted octanol–water partition coefficient (Wildman–Crippen LogP) is 4.40. The Kier molecular flexibility index (Phi) is 4.05. The van der Waals surface area contributed by atoms with E-state index in [0.29, 0.717) is 11.1 Å². The van der Waals surface area contributed by atoms with E-state index in [1.165, 1.54) is 6.07 Å². The molecule has 0 amide bonds. The Morgan fingerprint density at radius 2 is 1.74 bits per heavy atom. The van der Waals surface area contributed by atoms with Gasteiger partial charge in [-0.05, 0) is 61.6 Å². The van der Waals surface area contributed by atoms with Gasteiger partial charge in [-0.1, -0.05) is 6.07 Å². The minimum Gasteiger partial charge on any atom is -0.288 e. The van der Waals surface area contributed by atoms with Gasteiger partial charge in [-0.25, -0.2) is 4.39 Å². The number of halogens is 1. The minimum absolute atomic E-state index is 0.169. The van der Waals surface area contributed by atoms with Crippen LogP contribution in [0.4, 0.5) is 4.39 Å². The number of carbonyl (C=O) groups excluding carboxylic acids is 1. The highest BCUT2D eigenvalue weighted by molar-refractivity contribution is 7.98. The highest BCUT2D eigenvalue weighted by Crippen LogP contribution is 2.21. The number of carbonyl (C=O) groups is 1. The van der Waals surface area contributed by atoms with Crippen LogP contribution in [-0.2, 0) is 0 Å². The molecular formula is C16H15FOS. The summed E-state index contributed by atoms with van der Waals surface area (Å²) in [6.07, 6.45) is 1.97. The second kappa shape index (κ2) is 5.57. The average Bonchev–Trinajstić information content (AvgIpc) is 2.37. The lowest BCUT2D eigenvalue weighted by Gasteiger charge is -2.08. The van der Waals surface area contributed by atoms with E-state index in [0.717, 1.165) is 10.5 Å². The van der Waals surface area contributed by atoms with E-state index in [2.05, 4.69) is 0 Å². The van der Waals surface area contributed by atoms with Crippen LogP contribution in [-0.4, -0.2) is 12.0 Å². The van der Waals surface area contributed by atoms with Crippen LogP contribution in [0.1, 0.15) is 27.0 Å². The summed E-state index contributed by atoms with van der Waals surface area (Å²) in [6.45, 7) is 3.58. The molecule has 0 fully saturated rings. The molecule has 0 N–H and O–H groups in total. The van der Waals surface area contributed by atoms with E-state index in [1.807, 2.05) is 31.4 Å². The number of aryl methyl sites for hydroxylation is 2. The number of thioether (sulfide) groups is 1. The van der Waals surface area contributed by atoms with Crippen LogP contribution in [0.3, 0.4) is 0 Å². The summed E-state index contributed by atoms with van der Waals surface area (Å²) in [5.74, 6) is -0.709. The summed E-state index contributed by atoms with van der Waals surface area (Å²) < 4.78 is 14.0. The molecule has 0 radical (unpaired) electrons. The Labute approximate surface area is 116 Å². The molecule has 0 heterocycles. The van der Waals surface area contributed by atoms with Crippen LogP contribution in [0.5, 0.6) is 0 Å². The molecule has 0 aliphatic carbocycles. The van der Waals surface area contributed by atoms with E-state index in [9.17, 15) is 9.18 Å². The molecule has 0 saturated heterocycles. The van der Waals surface area contributed by atoms with Crippen molar-refractivity contribution < 1.29 is 9.18 Å². The number of hydrogen-bond donors (Lipinski definition) is 0. The fourth-order valence-electron chi connectivity index (χ4n) is 2.09. The second-order valence-electron chi connectivity index (χ2n) is 4.50. The molecule has 0 saturated carbocycles. The molecule has 2 aromatic rings. The zero-order chi connectivity index (χ0) is 14.0. The Balaban J connectivity index is 2.44. The van der Waals surface area contributed by atoms with E-state index in [1.54, 1.807) is 30.8 Å². The van der Waals surface area contributed by atoms with Crippen molar-refractivity contribution in [1.29, 1.82) is 0 Å². The van der Waals surface area contributed by atoms with Gasteiger partial charge in [0.2, 0.25) is 0 Å². The number of rotatable bonds is 3. The van der Waals surface area contributed by atoms with Gasteiger partial charge in [-0.3, -0.25) is 4.79 Å². The quantitative estimate of drug-likeness (QED) is 0.609. The van der Waals surface area contributed by atoms with Gasteiger partial charge < -0.3 is 0 Å².